The third-order valence-electron chi connectivity index (χ3n) is 9.54. The first kappa shape index (κ1) is 54.7. The minimum absolute atomic E-state index is 0.0228. The molecule has 0 fully saturated rings. The van der Waals surface area contributed by atoms with E-state index < -0.39 is 38.6 Å². The van der Waals surface area contributed by atoms with Crippen LogP contribution in [0.4, 0.5) is 0 Å². The lowest BCUT2D eigenvalue weighted by molar-refractivity contribution is -0.870. The van der Waals surface area contributed by atoms with Gasteiger partial charge in [0, 0.05) is 25.7 Å². The summed E-state index contributed by atoms with van der Waals surface area (Å²) in [6, 6.07) is 0. The number of aliphatic hydroxyl groups is 1. The number of aryl methyl sites for hydroxylation is 2. The first-order valence-corrected chi connectivity index (χ1v) is 23.6. The predicted molar refractivity (Wildman–Crippen MR) is 243 cm³/mol. The molecule has 3 atom stereocenters. The second-order valence-corrected chi connectivity index (χ2v) is 17.6. The number of rotatable bonds is 35. The Balaban J connectivity index is 2.48. The van der Waals surface area contributed by atoms with E-state index in [1.54, 1.807) is 12.2 Å². The van der Waals surface area contributed by atoms with E-state index in [2.05, 4.69) is 76.3 Å². The van der Waals surface area contributed by atoms with Gasteiger partial charge in [-0.2, -0.15) is 0 Å². The number of unbranched alkanes of at least 4 members (excludes halogenated alkanes) is 5. The Bertz CT molecular complexity index is 1550. The van der Waals surface area contributed by atoms with Crippen molar-refractivity contribution in [2.24, 2.45) is 0 Å². The van der Waals surface area contributed by atoms with Crippen molar-refractivity contribution < 1.29 is 51.6 Å². The van der Waals surface area contributed by atoms with Crippen LogP contribution in [-0.2, 0) is 45.5 Å². The highest BCUT2D eigenvalue weighted by atomic mass is 31.2. The molecular formula is C48H79NO10P+. The minimum atomic E-state index is -4.46. The average Bonchev–Trinajstić information content (AvgIpc) is 3.46. The smallest absolute Gasteiger partial charge is 0.466 e. The van der Waals surface area contributed by atoms with Crippen LogP contribution in [0.25, 0.3) is 0 Å². The van der Waals surface area contributed by atoms with E-state index in [0.717, 1.165) is 95.0 Å². The molecule has 11 nitrogen and oxygen atoms in total. The summed E-state index contributed by atoms with van der Waals surface area (Å²) in [5, 5.41) is 10.4. The van der Waals surface area contributed by atoms with Gasteiger partial charge in [-0.15, -0.1) is 0 Å². The number of allylic oxidation sites excluding steroid dienone is 11. The van der Waals surface area contributed by atoms with Crippen molar-refractivity contribution in [3.8, 4) is 0 Å². The standard InChI is InChI=1S/C48H78NO10P/c1-8-10-11-12-13-14-15-16-17-18-19-20-21-22-25-28-32-43(50)35-36-48(52)58-44(40-57-60(53,54)56-38-37-49(5,6)7)39-55-47(51)34-30-27-24-23-26-29-33-46-42(4)41(3)45(59-46)31-9-2/h10-11,13-14,16-17,19-20,22,25,28,32,43-44,50H,8-9,12,15,18,21,23-24,26-27,29-31,33-40H2,1-7H3/p+1/b11-10-,14-13-,17-16-,20-19-,25-22-,32-28-/t43?,44-/m1/s1. The molecule has 0 saturated carbocycles. The number of nitrogens with zero attached hydrogens (tertiary/aromatic N) is 1. The van der Waals surface area contributed by atoms with Crippen LogP contribution in [0.5, 0.6) is 0 Å². The molecule has 1 aromatic heterocycles. The summed E-state index contributed by atoms with van der Waals surface area (Å²) < 4.78 is 40.2. The number of likely N-dealkylation sites (N-methyl/N-ethyl adjacent to an activating group) is 1. The molecule has 1 aromatic rings. The van der Waals surface area contributed by atoms with Gasteiger partial charge in [-0.1, -0.05) is 112 Å². The van der Waals surface area contributed by atoms with Gasteiger partial charge in [0.15, 0.2) is 6.10 Å². The van der Waals surface area contributed by atoms with Crippen molar-refractivity contribution >= 4 is 19.8 Å². The van der Waals surface area contributed by atoms with Gasteiger partial charge in [0.25, 0.3) is 0 Å². The molecule has 2 unspecified atom stereocenters. The topological polar surface area (TPSA) is 142 Å². The number of hydrogen-bond donors (Lipinski definition) is 2. The van der Waals surface area contributed by atoms with Crippen LogP contribution in [0.1, 0.15) is 133 Å². The Morgan fingerprint density at radius 1 is 0.717 bits per heavy atom. The summed E-state index contributed by atoms with van der Waals surface area (Å²) in [5.41, 5.74) is 2.55. The van der Waals surface area contributed by atoms with Gasteiger partial charge in [0.05, 0.1) is 33.9 Å². The van der Waals surface area contributed by atoms with Crippen molar-refractivity contribution in [1.82, 2.24) is 0 Å². The third kappa shape index (κ3) is 29.8. The monoisotopic (exact) mass is 861 g/mol. The summed E-state index contributed by atoms with van der Waals surface area (Å²) in [4.78, 5) is 35.5. The molecule has 0 amide bonds. The maximum atomic E-state index is 12.7. The Morgan fingerprint density at radius 3 is 1.88 bits per heavy atom. The van der Waals surface area contributed by atoms with Crippen molar-refractivity contribution in [3.63, 3.8) is 0 Å². The van der Waals surface area contributed by atoms with Gasteiger partial charge in [-0.05, 0) is 82.8 Å². The highest BCUT2D eigenvalue weighted by Gasteiger charge is 2.27. The number of esters is 2. The molecule has 0 aliphatic rings. The fourth-order valence-corrected chi connectivity index (χ4v) is 6.56. The van der Waals surface area contributed by atoms with E-state index in [1.165, 1.54) is 11.1 Å². The van der Waals surface area contributed by atoms with Gasteiger partial charge in [0.2, 0.25) is 0 Å². The number of carbonyl (C=O) groups is 2. The summed E-state index contributed by atoms with van der Waals surface area (Å²) in [6.07, 6.45) is 35.8. The van der Waals surface area contributed by atoms with Gasteiger partial charge in [-0.25, -0.2) is 4.57 Å². The fourth-order valence-electron chi connectivity index (χ4n) is 5.82. The molecule has 12 heteroatoms. The molecule has 1 heterocycles. The second kappa shape index (κ2) is 33.3. The van der Waals surface area contributed by atoms with E-state index in [-0.39, 0.29) is 32.5 Å². The molecule has 340 valence electrons. The number of hydrogen-bond acceptors (Lipinski definition) is 9. The Labute approximate surface area is 362 Å². The summed E-state index contributed by atoms with van der Waals surface area (Å²) in [6.45, 7) is 8.15. The molecule has 0 radical (unpaired) electrons. The van der Waals surface area contributed by atoms with E-state index in [4.69, 9.17) is 22.9 Å². The van der Waals surface area contributed by atoms with Crippen molar-refractivity contribution in [1.29, 1.82) is 0 Å². The summed E-state index contributed by atoms with van der Waals surface area (Å²) in [7, 11) is 1.29. The maximum Gasteiger partial charge on any atom is 0.472 e. The number of carbonyl (C=O) groups excluding carboxylic acids is 2. The van der Waals surface area contributed by atoms with E-state index in [1.807, 2.05) is 33.3 Å². The normalized spacial score (nSPS) is 14.8. The first-order valence-electron chi connectivity index (χ1n) is 22.1. The zero-order chi connectivity index (χ0) is 44.5. The molecule has 0 spiro atoms. The predicted octanol–water partition coefficient (Wildman–Crippen LogP) is 10.9. The van der Waals surface area contributed by atoms with E-state index in [0.29, 0.717) is 17.4 Å². The SMILES string of the molecule is CC/C=C\C/C=C\C/C=C\C/C=C\C/C=C\C=C/C(O)CCC(=O)O[C@H](COC(=O)CCCCCCCCc1oc(CCC)c(C)c1C)COP(=O)(O)OCC[N+](C)(C)C. The Kier molecular flexibility index (Phi) is 30.4. The third-order valence-corrected chi connectivity index (χ3v) is 10.5. The molecule has 1 rings (SSSR count). The maximum absolute atomic E-state index is 12.7. The van der Waals surface area contributed by atoms with Crippen LogP contribution in [0.2, 0.25) is 0 Å². The summed E-state index contributed by atoms with van der Waals surface area (Å²) >= 11 is 0. The molecule has 0 aliphatic carbocycles. The Morgan fingerprint density at radius 2 is 1.28 bits per heavy atom. The van der Waals surface area contributed by atoms with Crippen molar-refractivity contribution in [2.75, 3.05) is 47.5 Å². The largest absolute Gasteiger partial charge is 0.472 e. The summed E-state index contributed by atoms with van der Waals surface area (Å²) in [5.74, 6) is 1.09. The molecular weight excluding hydrogens is 781 g/mol. The van der Waals surface area contributed by atoms with Crippen molar-refractivity contribution in [2.45, 2.75) is 149 Å². The van der Waals surface area contributed by atoms with E-state index in [9.17, 15) is 24.2 Å². The highest BCUT2D eigenvalue weighted by Crippen LogP contribution is 2.43. The van der Waals surface area contributed by atoms with Crippen LogP contribution >= 0.6 is 7.82 Å². The quantitative estimate of drug-likeness (QED) is 0.0169. The average molecular weight is 861 g/mol. The number of phosphoric ester groups is 1. The molecule has 0 bridgehead atoms. The van der Waals surface area contributed by atoms with Gasteiger partial charge in [0.1, 0.15) is 31.3 Å². The van der Waals surface area contributed by atoms with Crippen LogP contribution in [0.15, 0.2) is 77.3 Å². The second-order valence-electron chi connectivity index (χ2n) is 16.1. The first-order chi connectivity index (χ1) is 28.7. The molecule has 60 heavy (non-hydrogen) atoms. The number of phosphoric acid groups is 1. The number of ether oxygens (including phenoxy) is 2. The lowest BCUT2D eigenvalue weighted by Crippen LogP contribution is -2.37. The zero-order valence-electron chi connectivity index (χ0n) is 38.0. The van der Waals surface area contributed by atoms with Gasteiger partial charge >= 0.3 is 19.8 Å². The molecule has 0 aromatic carbocycles. The van der Waals surface area contributed by atoms with Crippen LogP contribution in [0, 0.1) is 13.8 Å². The minimum Gasteiger partial charge on any atom is -0.466 e. The molecule has 2 N–H and O–H groups in total. The molecule has 0 aliphatic heterocycles. The van der Waals surface area contributed by atoms with Crippen LogP contribution < -0.4 is 0 Å². The fraction of sp³-hybridized carbons (Fsp3) is 0.625. The Hall–Kier alpha value is -3.31. The van der Waals surface area contributed by atoms with Crippen molar-refractivity contribution in [3.05, 3.63) is 95.6 Å². The lowest BCUT2D eigenvalue weighted by Gasteiger charge is -2.24. The number of quaternary nitrogens is 1. The molecule has 0 saturated heterocycles. The lowest BCUT2D eigenvalue weighted by atomic mass is 10.0. The zero-order valence-corrected chi connectivity index (χ0v) is 38.9. The highest BCUT2D eigenvalue weighted by molar-refractivity contribution is 7.47. The van der Waals surface area contributed by atoms with Crippen LogP contribution in [0.3, 0.4) is 0 Å². The number of aliphatic hydroxyl groups excluding tert-OH is 1. The van der Waals surface area contributed by atoms with Gasteiger partial charge in [-0.3, -0.25) is 18.6 Å². The van der Waals surface area contributed by atoms with Gasteiger partial charge < -0.3 is 28.4 Å². The van der Waals surface area contributed by atoms with Crippen LogP contribution in [-0.4, -0.2) is 86.1 Å². The number of furan rings is 1. The van der Waals surface area contributed by atoms with E-state index >= 15 is 0 Å².